The number of nitrogens with zero attached hydrogens (tertiary/aromatic N) is 1. The summed E-state index contributed by atoms with van der Waals surface area (Å²) in [7, 11) is 3.60. The molecule has 0 aromatic carbocycles. The van der Waals surface area contributed by atoms with Crippen LogP contribution in [0.15, 0.2) is 0 Å². The summed E-state index contributed by atoms with van der Waals surface area (Å²) in [5.41, 5.74) is -1.91. The quantitative estimate of drug-likeness (QED) is 0.518. The Kier molecular flexibility index (Phi) is 5.07. The number of hydrogen-bond acceptors (Lipinski definition) is 9. The number of methoxy groups -OCH3 is 2. The third-order valence-electron chi connectivity index (χ3n) is 11.7. The summed E-state index contributed by atoms with van der Waals surface area (Å²) in [6.45, 7) is 7.16. The highest BCUT2D eigenvalue weighted by Crippen LogP contribution is 2.81. The monoisotopic (exact) mass is 505 g/mol. The summed E-state index contributed by atoms with van der Waals surface area (Å²) in [4.78, 5) is 27.5. The van der Waals surface area contributed by atoms with Crippen LogP contribution in [0.5, 0.6) is 0 Å². The summed E-state index contributed by atoms with van der Waals surface area (Å²) in [6.07, 6.45) is 2.56. The molecular formula is C27H39NO8. The van der Waals surface area contributed by atoms with Gasteiger partial charge in [-0.15, -0.1) is 0 Å². The molecule has 5 saturated carbocycles. The van der Waals surface area contributed by atoms with Crippen molar-refractivity contribution in [3.05, 3.63) is 0 Å². The van der Waals surface area contributed by atoms with E-state index in [2.05, 4.69) is 11.8 Å². The lowest BCUT2D eigenvalue weighted by atomic mass is 9.45. The fourth-order valence-corrected chi connectivity index (χ4v) is 11.4. The van der Waals surface area contributed by atoms with E-state index in [0.29, 0.717) is 12.3 Å². The molecule has 0 radical (unpaired) electrons. The first-order valence-corrected chi connectivity index (χ1v) is 13.7. The van der Waals surface area contributed by atoms with Gasteiger partial charge < -0.3 is 28.4 Å². The predicted octanol–water partition coefficient (Wildman–Crippen LogP) is 1.76. The Labute approximate surface area is 212 Å². The molecule has 2 heterocycles. The number of hydrogen-bond donors (Lipinski definition) is 0. The summed E-state index contributed by atoms with van der Waals surface area (Å²) < 4.78 is 38.7. The first-order valence-electron chi connectivity index (χ1n) is 13.7. The van der Waals surface area contributed by atoms with Crippen LogP contribution in [0.3, 0.4) is 0 Å². The van der Waals surface area contributed by atoms with Crippen molar-refractivity contribution in [3.63, 3.8) is 0 Å². The van der Waals surface area contributed by atoms with Crippen molar-refractivity contribution in [2.45, 2.75) is 88.1 Å². The normalized spacial score (nSPS) is 55.8. The van der Waals surface area contributed by atoms with Gasteiger partial charge in [-0.05, 0) is 37.6 Å². The van der Waals surface area contributed by atoms with Gasteiger partial charge in [-0.2, -0.15) is 0 Å². The van der Waals surface area contributed by atoms with Gasteiger partial charge in [0.05, 0.1) is 18.2 Å². The molecule has 7 aliphatic rings. The van der Waals surface area contributed by atoms with Crippen molar-refractivity contribution in [2.24, 2.45) is 35.0 Å². The molecule has 3 spiro atoms. The van der Waals surface area contributed by atoms with Gasteiger partial charge in [0.1, 0.15) is 24.6 Å². The van der Waals surface area contributed by atoms with E-state index in [9.17, 15) is 9.59 Å². The maximum atomic E-state index is 12.7. The average Bonchev–Trinajstić information content (AvgIpc) is 3.41. The van der Waals surface area contributed by atoms with Crippen molar-refractivity contribution < 1.29 is 38.0 Å². The topological polar surface area (TPSA) is 92.8 Å². The Morgan fingerprint density at radius 1 is 1.03 bits per heavy atom. The highest BCUT2D eigenvalue weighted by atomic mass is 16.7. The SMILES string of the molecule is CCN1C[C@@H]2CC[C@H](OC)[C@]34[C@@H]2[C@H](OC(C)=O)[C@]2(OCO[C@@]25C[C@H](OC(C)=O)[C@H]2C[C@@H]3[C@@H]5[C@H]2OC)[C@@H]14. The fraction of sp³-hybridized carbons (Fsp3) is 0.926. The van der Waals surface area contributed by atoms with Crippen molar-refractivity contribution in [1.82, 2.24) is 4.90 Å². The third kappa shape index (κ3) is 2.38. The molecular weight excluding hydrogens is 466 g/mol. The first-order chi connectivity index (χ1) is 17.3. The maximum absolute atomic E-state index is 12.7. The maximum Gasteiger partial charge on any atom is 0.303 e. The van der Waals surface area contributed by atoms with Crippen molar-refractivity contribution in [3.8, 4) is 0 Å². The lowest BCUT2D eigenvalue weighted by Gasteiger charge is -2.67. The molecule has 0 N–H and O–H groups in total. The molecule has 2 saturated heterocycles. The Balaban J connectivity index is 1.53. The number of piperidine rings is 1. The lowest BCUT2D eigenvalue weighted by Crippen LogP contribution is -2.80. The molecule has 9 nitrogen and oxygen atoms in total. The van der Waals surface area contributed by atoms with E-state index < -0.39 is 17.3 Å². The summed E-state index contributed by atoms with van der Waals surface area (Å²) in [5, 5.41) is 0. The standard InChI is InChI=1S/C27H39NO8/c1-6-28-11-15-7-8-19(31-4)26-17-9-16-18(35-13(2)29)10-25(21(17)22(16)32-5)27(24(26)28,34-12-33-25)23(20(15)26)36-14(3)30/h15-24H,6-12H2,1-5H3/t15-,16+,17+,18-,19-,20-,21+,22-,23-,24-,25+,26-,27-/m0/s1. The van der Waals surface area contributed by atoms with Crippen LogP contribution < -0.4 is 0 Å². The van der Waals surface area contributed by atoms with Gasteiger partial charge in [0.15, 0.2) is 5.60 Å². The third-order valence-corrected chi connectivity index (χ3v) is 11.7. The molecule has 0 unspecified atom stereocenters. The van der Waals surface area contributed by atoms with E-state index in [0.717, 1.165) is 32.4 Å². The smallest absolute Gasteiger partial charge is 0.303 e. The minimum atomic E-state index is -0.874. The molecule has 7 bridgehead atoms. The summed E-state index contributed by atoms with van der Waals surface area (Å²) in [6, 6.07) is -0.0121. The average molecular weight is 506 g/mol. The van der Waals surface area contributed by atoms with Gasteiger partial charge in [0, 0.05) is 64.2 Å². The van der Waals surface area contributed by atoms with Crippen molar-refractivity contribution >= 4 is 11.9 Å². The Morgan fingerprint density at radius 3 is 2.47 bits per heavy atom. The van der Waals surface area contributed by atoms with Crippen LogP contribution in [0.1, 0.15) is 46.5 Å². The van der Waals surface area contributed by atoms with Crippen molar-refractivity contribution in [1.29, 1.82) is 0 Å². The molecule has 13 atom stereocenters. The molecule has 9 heteroatoms. The minimum Gasteiger partial charge on any atom is -0.462 e. The van der Waals surface area contributed by atoms with Gasteiger partial charge in [0.2, 0.25) is 0 Å². The molecule has 200 valence electrons. The van der Waals surface area contributed by atoms with Gasteiger partial charge in [-0.3, -0.25) is 14.5 Å². The summed E-state index contributed by atoms with van der Waals surface area (Å²) >= 11 is 0. The number of rotatable bonds is 5. The van der Waals surface area contributed by atoms with Crippen LogP contribution in [0.25, 0.3) is 0 Å². The molecule has 0 aromatic heterocycles. The highest BCUT2D eigenvalue weighted by Gasteiger charge is 2.93. The number of carbonyl (C=O) groups is 2. The molecule has 2 aliphatic heterocycles. The van der Waals surface area contributed by atoms with Crippen LogP contribution in [-0.2, 0) is 38.0 Å². The van der Waals surface area contributed by atoms with Crippen LogP contribution in [0, 0.1) is 35.0 Å². The fourth-order valence-electron chi connectivity index (χ4n) is 11.4. The number of likely N-dealkylation sites (tertiary alicyclic amines) is 1. The molecule has 7 fully saturated rings. The zero-order valence-electron chi connectivity index (χ0n) is 21.9. The second-order valence-electron chi connectivity index (χ2n) is 12.3. The molecule has 36 heavy (non-hydrogen) atoms. The van der Waals surface area contributed by atoms with Gasteiger partial charge in [-0.1, -0.05) is 6.92 Å². The van der Waals surface area contributed by atoms with Gasteiger partial charge >= 0.3 is 11.9 Å². The molecule has 0 amide bonds. The number of esters is 2. The lowest BCUT2D eigenvalue weighted by molar-refractivity contribution is -0.275. The first kappa shape index (κ1) is 23.8. The number of carbonyl (C=O) groups excluding carboxylic acids is 2. The second-order valence-corrected chi connectivity index (χ2v) is 12.3. The van der Waals surface area contributed by atoms with Crippen LogP contribution >= 0.6 is 0 Å². The highest BCUT2D eigenvalue weighted by molar-refractivity contribution is 5.67. The Morgan fingerprint density at radius 2 is 1.81 bits per heavy atom. The van der Waals surface area contributed by atoms with Crippen LogP contribution in [0.2, 0.25) is 0 Å². The van der Waals surface area contributed by atoms with E-state index in [1.165, 1.54) is 13.8 Å². The zero-order valence-corrected chi connectivity index (χ0v) is 21.9. The molecule has 5 aliphatic carbocycles. The number of fused-ring (bicyclic) bond motifs is 1. The van der Waals surface area contributed by atoms with E-state index in [4.69, 9.17) is 28.4 Å². The molecule has 0 aromatic rings. The van der Waals surface area contributed by atoms with Gasteiger partial charge in [0.25, 0.3) is 0 Å². The van der Waals surface area contributed by atoms with Gasteiger partial charge in [-0.25, -0.2) is 0 Å². The summed E-state index contributed by atoms with van der Waals surface area (Å²) in [5.74, 6) is 0.306. The Hall–Kier alpha value is -1.26. The number of ether oxygens (including phenoxy) is 6. The second kappa shape index (κ2) is 7.65. The Bertz CT molecular complexity index is 975. The minimum absolute atomic E-state index is 0.0121. The predicted molar refractivity (Wildman–Crippen MR) is 125 cm³/mol. The van der Waals surface area contributed by atoms with E-state index in [1.54, 1.807) is 7.11 Å². The van der Waals surface area contributed by atoms with Crippen LogP contribution in [-0.4, -0.2) is 92.6 Å². The van der Waals surface area contributed by atoms with Crippen molar-refractivity contribution in [2.75, 3.05) is 34.1 Å². The zero-order chi connectivity index (χ0) is 25.2. The number of likely N-dealkylation sites (N-methyl/N-ethyl adjacent to an activating group) is 1. The van der Waals surface area contributed by atoms with E-state index in [-0.39, 0.29) is 72.2 Å². The van der Waals surface area contributed by atoms with E-state index in [1.807, 2.05) is 7.11 Å². The molecule has 7 rings (SSSR count). The van der Waals surface area contributed by atoms with Crippen LogP contribution in [0.4, 0.5) is 0 Å². The van der Waals surface area contributed by atoms with E-state index >= 15 is 0 Å². The largest absolute Gasteiger partial charge is 0.462 e.